The Balaban J connectivity index is 1.85. The third-order valence-corrected chi connectivity index (χ3v) is 4.05. The van der Waals surface area contributed by atoms with Crippen LogP contribution >= 0.6 is 15.9 Å². The maximum atomic E-state index is 13.6. The van der Waals surface area contributed by atoms with Gasteiger partial charge in [0.15, 0.2) is 0 Å². The van der Waals surface area contributed by atoms with E-state index >= 15 is 0 Å². The zero-order chi connectivity index (χ0) is 17.1. The molecule has 7 heteroatoms. The molecule has 0 aliphatic rings. The van der Waals surface area contributed by atoms with E-state index in [1.807, 2.05) is 0 Å². The van der Waals surface area contributed by atoms with E-state index in [1.54, 1.807) is 36.8 Å². The van der Waals surface area contributed by atoms with Crippen LogP contribution in [0.1, 0.15) is 5.56 Å². The highest BCUT2D eigenvalue weighted by Crippen LogP contribution is 2.23. The lowest BCUT2D eigenvalue weighted by Gasteiger charge is -2.11. The van der Waals surface area contributed by atoms with Crippen molar-refractivity contribution in [2.75, 3.05) is 0 Å². The molecule has 0 spiro atoms. The Morgan fingerprint density at radius 2 is 2.04 bits per heavy atom. The van der Waals surface area contributed by atoms with E-state index in [0.29, 0.717) is 5.69 Å². The molecule has 1 aromatic carbocycles. The minimum absolute atomic E-state index is 0.124. The van der Waals surface area contributed by atoms with E-state index in [0.717, 1.165) is 12.1 Å². The van der Waals surface area contributed by atoms with Crippen LogP contribution in [-0.2, 0) is 6.61 Å². The third-order valence-electron chi connectivity index (χ3n) is 3.32. The summed E-state index contributed by atoms with van der Waals surface area (Å²) in [4.78, 5) is 16.4. The Kier molecular flexibility index (Phi) is 4.71. The van der Waals surface area contributed by atoms with Gasteiger partial charge in [-0.05, 0) is 46.3 Å². The van der Waals surface area contributed by atoms with Crippen LogP contribution < -0.4 is 10.3 Å². The molecule has 24 heavy (non-hydrogen) atoms. The third kappa shape index (κ3) is 3.35. The molecule has 0 N–H and O–H groups in total. The lowest BCUT2D eigenvalue weighted by molar-refractivity contribution is 0.296. The maximum absolute atomic E-state index is 13.6. The first-order valence-electron chi connectivity index (χ1n) is 6.94. The van der Waals surface area contributed by atoms with Gasteiger partial charge < -0.3 is 4.74 Å². The van der Waals surface area contributed by atoms with Crippen LogP contribution in [0.15, 0.2) is 64.3 Å². The first-order chi connectivity index (χ1) is 11.6. The fraction of sp³-hybridized carbons (Fsp3) is 0.0588. The van der Waals surface area contributed by atoms with Crippen molar-refractivity contribution in [2.24, 2.45) is 0 Å². The Morgan fingerprint density at radius 1 is 1.21 bits per heavy atom. The molecular weight excluding hydrogens is 382 g/mol. The molecule has 4 nitrogen and oxygen atoms in total. The molecule has 0 amide bonds. The van der Waals surface area contributed by atoms with E-state index < -0.39 is 11.6 Å². The number of aromatic nitrogens is 2. The zero-order valence-corrected chi connectivity index (χ0v) is 13.8. The van der Waals surface area contributed by atoms with E-state index in [9.17, 15) is 13.6 Å². The Labute approximate surface area is 144 Å². The summed E-state index contributed by atoms with van der Waals surface area (Å²) < 4.78 is 33.6. The van der Waals surface area contributed by atoms with Gasteiger partial charge in [-0.15, -0.1) is 0 Å². The first kappa shape index (κ1) is 16.3. The average molecular weight is 393 g/mol. The van der Waals surface area contributed by atoms with E-state index in [1.165, 1.54) is 10.6 Å². The molecule has 0 atom stereocenters. The van der Waals surface area contributed by atoms with Crippen molar-refractivity contribution >= 4 is 15.9 Å². The first-order valence-corrected chi connectivity index (χ1v) is 7.74. The van der Waals surface area contributed by atoms with Crippen LogP contribution in [0.5, 0.6) is 5.75 Å². The van der Waals surface area contributed by atoms with Crippen LogP contribution in [0.3, 0.4) is 0 Å². The van der Waals surface area contributed by atoms with Gasteiger partial charge in [0, 0.05) is 24.0 Å². The molecule has 3 aromatic rings. The van der Waals surface area contributed by atoms with Gasteiger partial charge in [-0.3, -0.25) is 14.3 Å². The molecule has 0 saturated carbocycles. The minimum atomic E-state index is -0.699. The number of benzene rings is 1. The van der Waals surface area contributed by atoms with E-state index in [2.05, 4.69) is 20.9 Å². The van der Waals surface area contributed by atoms with E-state index in [-0.39, 0.29) is 28.0 Å². The molecule has 0 aliphatic heterocycles. The summed E-state index contributed by atoms with van der Waals surface area (Å²) in [5, 5.41) is 0. The average Bonchev–Trinajstić information content (AvgIpc) is 2.58. The van der Waals surface area contributed by atoms with Gasteiger partial charge >= 0.3 is 0 Å². The fourth-order valence-electron chi connectivity index (χ4n) is 2.10. The van der Waals surface area contributed by atoms with Gasteiger partial charge in [0.1, 0.15) is 28.5 Å². The minimum Gasteiger partial charge on any atom is -0.487 e. The van der Waals surface area contributed by atoms with Gasteiger partial charge in [-0.25, -0.2) is 8.78 Å². The van der Waals surface area contributed by atoms with Crippen molar-refractivity contribution in [1.82, 2.24) is 9.55 Å². The van der Waals surface area contributed by atoms with Crippen molar-refractivity contribution in [3.63, 3.8) is 0 Å². The monoisotopic (exact) mass is 392 g/mol. The van der Waals surface area contributed by atoms with Crippen molar-refractivity contribution < 1.29 is 13.5 Å². The number of pyridine rings is 2. The van der Waals surface area contributed by atoms with Crippen LogP contribution in [0.4, 0.5) is 8.78 Å². The second-order valence-electron chi connectivity index (χ2n) is 4.90. The molecule has 0 bridgehead atoms. The van der Waals surface area contributed by atoms with Crippen LogP contribution in [0, 0.1) is 11.6 Å². The highest BCUT2D eigenvalue weighted by molar-refractivity contribution is 9.10. The van der Waals surface area contributed by atoms with Crippen LogP contribution in [0.25, 0.3) is 5.69 Å². The SMILES string of the molecule is O=c1c(Br)c(OCc2ccc(F)cc2F)ccn1-c1cccnc1. The maximum Gasteiger partial charge on any atom is 0.273 e. The molecule has 2 aromatic heterocycles. The quantitative estimate of drug-likeness (QED) is 0.677. The topological polar surface area (TPSA) is 44.1 Å². The predicted octanol–water partition coefficient (Wildman–Crippen LogP) is 3.85. The Hall–Kier alpha value is -2.54. The fourth-order valence-corrected chi connectivity index (χ4v) is 2.54. The highest BCUT2D eigenvalue weighted by Gasteiger charge is 2.11. The standard InChI is InChI=1S/C17H11BrF2N2O2/c18-16-15(24-10-11-3-4-12(19)8-14(11)20)5-7-22(17(16)23)13-2-1-6-21-9-13/h1-9H,10H2. The van der Waals surface area contributed by atoms with Gasteiger partial charge in [0.05, 0.1) is 11.9 Å². The molecule has 0 radical (unpaired) electrons. The van der Waals surface area contributed by atoms with Crippen LogP contribution in [0.2, 0.25) is 0 Å². The van der Waals surface area contributed by atoms with Crippen molar-refractivity contribution in [1.29, 1.82) is 0 Å². The Bertz CT molecular complexity index is 930. The highest BCUT2D eigenvalue weighted by atomic mass is 79.9. The number of hydrogen-bond acceptors (Lipinski definition) is 3. The Morgan fingerprint density at radius 3 is 2.75 bits per heavy atom. The summed E-state index contributed by atoms with van der Waals surface area (Å²) in [6.07, 6.45) is 4.71. The second-order valence-corrected chi connectivity index (χ2v) is 5.70. The number of halogens is 3. The van der Waals surface area contributed by atoms with Crippen molar-refractivity contribution in [3.05, 3.63) is 87.0 Å². The molecule has 2 heterocycles. The number of rotatable bonds is 4. The summed E-state index contributed by atoms with van der Waals surface area (Å²) in [7, 11) is 0. The van der Waals surface area contributed by atoms with Gasteiger partial charge in [0.25, 0.3) is 5.56 Å². The summed E-state index contributed by atoms with van der Waals surface area (Å²) in [6, 6.07) is 8.29. The smallest absolute Gasteiger partial charge is 0.273 e. The molecule has 0 aliphatic carbocycles. The molecular formula is C17H11BrF2N2O2. The summed E-state index contributed by atoms with van der Waals surface area (Å²) in [5.41, 5.74) is 0.471. The summed E-state index contributed by atoms with van der Waals surface area (Å²) >= 11 is 3.20. The molecule has 122 valence electrons. The van der Waals surface area contributed by atoms with Gasteiger partial charge in [-0.1, -0.05) is 0 Å². The summed E-state index contributed by atoms with van der Waals surface area (Å²) in [5.74, 6) is -1.09. The number of ether oxygens (including phenoxy) is 1. The van der Waals surface area contributed by atoms with E-state index in [4.69, 9.17) is 4.74 Å². The van der Waals surface area contributed by atoms with Crippen LogP contribution in [-0.4, -0.2) is 9.55 Å². The van der Waals surface area contributed by atoms with Gasteiger partial charge in [-0.2, -0.15) is 0 Å². The summed E-state index contributed by atoms with van der Waals surface area (Å²) in [6.45, 7) is -0.124. The number of nitrogens with zero attached hydrogens (tertiary/aromatic N) is 2. The molecule has 0 unspecified atom stereocenters. The second kappa shape index (κ2) is 6.92. The molecule has 0 fully saturated rings. The van der Waals surface area contributed by atoms with Crippen molar-refractivity contribution in [2.45, 2.75) is 6.61 Å². The molecule has 3 rings (SSSR count). The zero-order valence-electron chi connectivity index (χ0n) is 12.2. The van der Waals surface area contributed by atoms with Crippen molar-refractivity contribution in [3.8, 4) is 11.4 Å². The predicted molar refractivity (Wildman–Crippen MR) is 88.2 cm³/mol. The normalized spacial score (nSPS) is 10.6. The lowest BCUT2D eigenvalue weighted by atomic mass is 10.2. The lowest BCUT2D eigenvalue weighted by Crippen LogP contribution is -2.19. The van der Waals surface area contributed by atoms with Gasteiger partial charge in [0.2, 0.25) is 0 Å². The largest absolute Gasteiger partial charge is 0.487 e. The molecule has 0 saturated heterocycles. The number of hydrogen-bond donors (Lipinski definition) is 0.